The van der Waals surface area contributed by atoms with Gasteiger partial charge >= 0.3 is 0 Å². The van der Waals surface area contributed by atoms with Crippen molar-refractivity contribution in [2.24, 2.45) is 0 Å². The van der Waals surface area contributed by atoms with Crippen LogP contribution in [0.3, 0.4) is 0 Å². The van der Waals surface area contributed by atoms with E-state index >= 15 is 0 Å². The Hall–Kier alpha value is -1.84. The molecular weight excluding hydrogens is 518 g/mol. The Balaban J connectivity index is 0.00000324. The minimum atomic E-state index is 0. The number of piperidine rings is 1. The Kier molecular flexibility index (Phi) is 10.0. The molecule has 2 heterocycles. The van der Waals surface area contributed by atoms with Crippen LogP contribution in [0.1, 0.15) is 51.4 Å². The van der Waals surface area contributed by atoms with Crippen molar-refractivity contribution in [3.8, 4) is 5.75 Å². The SMILES string of the molecule is COc1ccc(Nc2nc(NC3CCCCCC3)nc(N(C)C3CCN(C)CC3)n2)cc1Br.Cl. The first kappa shape index (κ1) is 26.8. The van der Waals surface area contributed by atoms with E-state index < -0.39 is 0 Å². The molecule has 34 heavy (non-hydrogen) atoms. The number of methoxy groups -OCH3 is 1. The molecule has 2 aromatic rings. The van der Waals surface area contributed by atoms with Crippen molar-refractivity contribution in [3.63, 3.8) is 0 Å². The first-order chi connectivity index (χ1) is 16.0. The lowest BCUT2D eigenvalue weighted by molar-refractivity contribution is 0.252. The molecule has 0 amide bonds. The van der Waals surface area contributed by atoms with Crippen LogP contribution in [0.2, 0.25) is 0 Å². The molecule has 0 unspecified atom stereocenters. The van der Waals surface area contributed by atoms with E-state index in [1.165, 1.54) is 38.5 Å². The van der Waals surface area contributed by atoms with Gasteiger partial charge in [-0.1, -0.05) is 25.7 Å². The Morgan fingerprint density at radius 3 is 2.32 bits per heavy atom. The minimum Gasteiger partial charge on any atom is -0.496 e. The summed E-state index contributed by atoms with van der Waals surface area (Å²) in [7, 11) is 5.95. The third kappa shape index (κ3) is 7.09. The maximum absolute atomic E-state index is 5.35. The highest BCUT2D eigenvalue weighted by Crippen LogP contribution is 2.30. The molecule has 0 spiro atoms. The first-order valence-corrected chi connectivity index (χ1v) is 12.9. The molecule has 0 bridgehead atoms. The fourth-order valence-electron chi connectivity index (χ4n) is 4.67. The third-order valence-electron chi connectivity index (χ3n) is 6.77. The van der Waals surface area contributed by atoms with E-state index in [1.54, 1.807) is 7.11 Å². The zero-order chi connectivity index (χ0) is 23.2. The Morgan fingerprint density at radius 1 is 1.00 bits per heavy atom. The maximum atomic E-state index is 5.35. The van der Waals surface area contributed by atoms with E-state index in [0.717, 1.165) is 41.8 Å². The van der Waals surface area contributed by atoms with Gasteiger partial charge in [0.05, 0.1) is 11.6 Å². The maximum Gasteiger partial charge on any atom is 0.233 e. The fraction of sp³-hybridized carbons (Fsp3) is 0.625. The second-order valence-electron chi connectivity index (χ2n) is 9.24. The van der Waals surface area contributed by atoms with E-state index in [0.29, 0.717) is 29.9 Å². The van der Waals surface area contributed by atoms with Gasteiger partial charge in [0.15, 0.2) is 0 Å². The summed E-state index contributed by atoms with van der Waals surface area (Å²) in [5.41, 5.74) is 0.891. The molecule has 1 aromatic heterocycles. The topological polar surface area (TPSA) is 78.4 Å². The lowest BCUT2D eigenvalue weighted by atomic mass is 10.0. The summed E-state index contributed by atoms with van der Waals surface area (Å²) in [6.07, 6.45) is 9.71. The summed E-state index contributed by atoms with van der Waals surface area (Å²) in [6.45, 7) is 2.19. The summed E-state index contributed by atoms with van der Waals surface area (Å²) in [5, 5.41) is 6.98. The van der Waals surface area contributed by atoms with Crippen LogP contribution in [0.15, 0.2) is 22.7 Å². The van der Waals surface area contributed by atoms with Crippen molar-refractivity contribution >= 4 is 51.9 Å². The summed E-state index contributed by atoms with van der Waals surface area (Å²) >= 11 is 3.56. The highest BCUT2D eigenvalue weighted by Gasteiger charge is 2.24. The Bertz CT molecular complexity index is 918. The summed E-state index contributed by atoms with van der Waals surface area (Å²) in [5.74, 6) is 2.70. The number of halogens is 2. The minimum absolute atomic E-state index is 0. The van der Waals surface area contributed by atoms with Gasteiger partial charge in [0, 0.05) is 24.8 Å². The molecule has 2 aliphatic rings. The molecule has 1 saturated carbocycles. The molecule has 1 aliphatic carbocycles. The van der Waals surface area contributed by atoms with E-state index in [-0.39, 0.29) is 12.4 Å². The number of hydrogen-bond donors (Lipinski definition) is 2. The van der Waals surface area contributed by atoms with Gasteiger partial charge in [0.2, 0.25) is 17.8 Å². The van der Waals surface area contributed by atoms with Gasteiger partial charge in [-0.25, -0.2) is 0 Å². The number of ether oxygens (including phenoxy) is 1. The first-order valence-electron chi connectivity index (χ1n) is 12.1. The number of likely N-dealkylation sites (tertiary alicyclic amines) is 1. The number of rotatable bonds is 7. The van der Waals surface area contributed by atoms with Gasteiger partial charge in [-0.2, -0.15) is 15.0 Å². The van der Waals surface area contributed by atoms with Crippen LogP contribution in [0.4, 0.5) is 23.5 Å². The molecule has 4 rings (SSSR count). The van der Waals surface area contributed by atoms with Crippen LogP contribution in [-0.4, -0.2) is 66.2 Å². The van der Waals surface area contributed by atoms with Crippen LogP contribution in [0.5, 0.6) is 5.75 Å². The Labute approximate surface area is 217 Å². The van der Waals surface area contributed by atoms with E-state index in [9.17, 15) is 0 Å². The molecule has 8 nitrogen and oxygen atoms in total. The normalized spacial score (nSPS) is 18.0. The molecule has 1 aliphatic heterocycles. The van der Waals surface area contributed by atoms with Gasteiger partial charge in [-0.05, 0) is 79.9 Å². The zero-order valence-electron chi connectivity index (χ0n) is 20.4. The van der Waals surface area contributed by atoms with Crippen LogP contribution < -0.4 is 20.3 Å². The van der Waals surface area contributed by atoms with Gasteiger partial charge < -0.3 is 25.2 Å². The lowest BCUT2D eigenvalue weighted by Crippen LogP contribution is -2.42. The number of aromatic nitrogens is 3. The second kappa shape index (κ2) is 12.7. The average Bonchev–Trinajstić information content (AvgIpc) is 3.08. The lowest BCUT2D eigenvalue weighted by Gasteiger charge is -2.35. The second-order valence-corrected chi connectivity index (χ2v) is 10.1. The predicted octanol–water partition coefficient (Wildman–Crippen LogP) is 5.47. The monoisotopic (exact) mass is 553 g/mol. The molecule has 2 fully saturated rings. The smallest absolute Gasteiger partial charge is 0.233 e. The molecule has 10 heteroatoms. The van der Waals surface area contributed by atoms with Crippen LogP contribution >= 0.6 is 28.3 Å². The van der Waals surface area contributed by atoms with Gasteiger partial charge in [0.25, 0.3) is 0 Å². The predicted molar refractivity (Wildman–Crippen MR) is 145 cm³/mol. The Morgan fingerprint density at radius 2 is 1.68 bits per heavy atom. The fourth-order valence-corrected chi connectivity index (χ4v) is 5.21. The number of anilines is 4. The average molecular weight is 555 g/mol. The van der Waals surface area contributed by atoms with Crippen molar-refractivity contribution in [2.75, 3.05) is 49.8 Å². The highest BCUT2D eigenvalue weighted by atomic mass is 79.9. The molecule has 188 valence electrons. The number of nitrogens with zero attached hydrogens (tertiary/aromatic N) is 5. The van der Waals surface area contributed by atoms with Crippen LogP contribution in [-0.2, 0) is 0 Å². The highest BCUT2D eigenvalue weighted by molar-refractivity contribution is 9.10. The van der Waals surface area contributed by atoms with Crippen molar-refractivity contribution in [1.82, 2.24) is 19.9 Å². The molecule has 1 aromatic carbocycles. The van der Waals surface area contributed by atoms with E-state index in [4.69, 9.17) is 19.7 Å². The van der Waals surface area contributed by atoms with Crippen LogP contribution in [0, 0.1) is 0 Å². The van der Waals surface area contributed by atoms with E-state index in [1.807, 2.05) is 18.2 Å². The van der Waals surface area contributed by atoms with Gasteiger partial charge in [-0.3, -0.25) is 0 Å². The molecular formula is C24H37BrClN7O. The largest absolute Gasteiger partial charge is 0.496 e. The van der Waals surface area contributed by atoms with Gasteiger partial charge in [-0.15, -0.1) is 12.4 Å². The summed E-state index contributed by atoms with van der Waals surface area (Å²) < 4.78 is 6.23. The number of hydrogen-bond acceptors (Lipinski definition) is 8. The summed E-state index contributed by atoms with van der Waals surface area (Å²) in [6, 6.07) is 6.70. The molecule has 0 radical (unpaired) electrons. The van der Waals surface area contributed by atoms with Crippen molar-refractivity contribution < 1.29 is 4.74 Å². The third-order valence-corrected chi connectivity index (χ3v) is 7.39. The quantitative estimate of drug-likeness (QED) is 0.436. The molecule has 2 N–H and O–H groups in total. The van der Waals surface area contributed by atoms with Crippen LogP contribution in [0.25, 0.3) is 0 Å². The molecule has 0 atom stereocenters. The molecule has 1 saturated heterocycles. The van der Waals surface area contributed by atoms with Crippen molar-refractivity contribution in [2.45, 2.75) is 63.5 Å². The van der Waals surface area contributed by atoms with Crippen molar-refractivity contribution in [1.29, 1.82) is 0 Å². The van der Waals surface area contributed by atoms with Crippen molar-refractivity contribution in [3.05, 3.63) is 22.7 Å². The number of benzene rings is 1. The zero-order valence-corrected chi connectivity index (χ0v) is 22.8. The standard InChI is InChI=1S/C24H36BrN7O.ClH/c1-31-14-12-19(13-15-31)32(2)24-29-22(26-17-8-6-4-5-7-9-17)28-23(30-24)27-18-10-11-21(33-3)20(25)16-18;/h10-11,16-17,19H,4-9,12-15H2,1-3H3,(H2,26,27,28,29,30);1H. The summed E-state index contributed by atoms with van der Waals surface area (Å²) in [4.78, 5) is 19.0. The van der Waals surface area contributed by atoms with Gasteiger partial charge in [0.1, 0.15) is 5.75 Å². The van der Waals surface area contributed by atoms with E-state index in [2.05, 4.69) is 50.5 Å². The number of nitrogens with one attached hydrogen (secondary N) is 2.